The average molecular weight is 225 g/mol. The topological polar surface area (TPSA) is 46.6 Å². The minimum absolute atomic E-state index is 0.167. The monoisotopic (exact) mass is 225 g/mol. The van der Waals surface area contributed by atoms with Crippen LogP contribution in [0.3, 0.4) is 0 Å². The minimum Gasteiger partial charge on any atom is -0.444 e. The van der Waals surface area contributed by atoms with Gasteiger partial charge in [0, 0.05) is 13.0 Å². The summed E-state index contributed by atoms with van der Waals surface area (Å²) in [6.45, 7) is 8.01. The molecule has 0 aromatic rings. The Balaban J connectivity index is 2.11. The van der Waals surface area contributed by atoms with Gasteiger partial charge in [-0.25, -0.2) is 4.79 Å². The van der Waals surface area contributed by atoms with E-state index in [0.29, 0.717) is 18.9 Å². The van der Waals surface area contributed by atoms with Gasteiger partial charge < -0.3 is 4.74 Å². The molecule has 4 heteroatoms. The zero-order valence-electron chi connectivity index (χ0n) is 10.4. The van der Waals surface area contributed by atoms with E-state index in [-0.39, 0.29) is 11.9 Å². The number of hydrogen-bond donors (Lipinski definition) is 0. The van der Waals surface area contributed by atoms with Gasteiger partial charge in [0.2, 0.25) is 0 Å². The van der Waals surface area contributed by atoms with Crippen molar-refractivity contribution in [1.82, 2.24) is 4.90 Å². The van der Waals surface area contributed by atoms with Crippen LogP contribution in [-0.4, -0.2) is 34.5 Å². The van der Waals surface area contributed by atoms with Gasteiger partial charge in [-0.1, -0.05) is 0 Å². The van der Waals surface area contributed by atoms with Gasteiger partial charge in [0.05, 0.1) is 0 Å². The summed E-state index contributed by atoms with van der Waals surface area (Å²) < 4.78 is 5.32. The number of Topliss-reactive ketones (excluding diaryl/α,β-unsaturated/α-hetero) is 1. The fourth-order valence-corrected chi connectivity index (χ4v) is 2.59. The van der Waals surface area contributed by atoms with Gasteiger partial charge in [0.15, 0.2) is 5.78 Å². The van der Waals surface area contributed by atoms with Gasteiger partial charge in [0.25, 0.3) is 0 Å². The van der Waals surface area contributed by atoms with Gasteiger partial charge >= 0.3 is 6.09 Å². The van der Waals surface area contributed by atoms with Gasteiger partial charge in [0.1, 0.15) is 11.1 Å². The van der Waals surface area contributed by atoms with Crippen LogP contribution in [-0.2, 0) is 9.53 Å². The first-order valence-corrected chi connectivity index (χ1v) is 5.79. The smallest absolute Gasteiger partial charge is 0.411 e. The highest BCUT2D eigenvalue weighted by Crippen LogP contribution is 2.47. The predicted octanol–water partition coefficient (Wildman–Crippen LogP) is 1.97. The molecule has 1 unspecified atom stereocenters. The highest BCUT2D eigenvalue weighted by molar-refractivity contribution is 5.98. The molecule has 1 saturated heterocycles. The molecular formula is C12H19NO3. The summed E-state index contributed by atoms with van der Waals surface area (Å²) in [5.41, 5.74) is -1.08. The molecule has 0 bridgehead atoms. The third-order valence-electron chi connectivity index (χ3n) is 3.67. The van der Waals surface area contributed by atoms with E-state index >= 15 is 0 Å². The molecule has 16 heavy (non-hydrogen) atoms. The molecule has 0 radical (unpaired) electrons. The van der Waals surface area contributed by atoms with E-state index in [4.69, 9.17) is 4.74 Å². The first-order valence-electron chi connectivity index (χ1n) is 5.79. The highest BCUT2D eigenvalue weighted by Gasteiger charge is 2.60. The van der Waals surface area contributed by atoms with E-state index in [1.165, 1.54) is 0 Å². The summed E-state index contributed by atoms with van der Waals surface area (Å²) in [6.07, 6.45) is 1.18. The lowest BCUT2D eigenvalue weighted by Gasteiger charge is -2.45. The molecule has 0 aromatic heterocycles. The molecular weight excluding hydrogens is 206 g/mol. The van der Waals surface area contributed by atoms with E-state index in [2.05, 4.69) is 0 Å². The number of amides is 1. The highest BCUT2D eigenvalue weighted by atomic mass is 16.6. The summed E-state index contributed by atoms with van der Waals surface area (Å²) in [4.78, 5) is 25.2. The van der Waals surface area contributed by atoms with Gasteiger partial charge in [-0.3, -0.25) is 9.69 Å². The van der Waals surface area contributed by atoms with Crippen molar-refractivity contribution in [2.24, 2.45) is 5.92 Å². The van der Waals surface area contributed by atoms with Gasteiger partial charge in [-0.15, -0.1) is 0 Å². The van der Waals surface area contributed by atoms with Crippen LogP contribution in [0.15, 0.2) is 0 Å². The minimum atomic E-state index is -0.581. The Labute approximate surface area is 95.9 Å². The first-order chi connectivity index (χ1) is 7.25. The molecule has 2 aliphatic rings. The lowest BCUT2D eigenvalue weighted by atomic mass is 9.67. The number of fused-ring (bicyclic) bond motifs is 1. The zero-order valence-corrected chi connectivity index (χ0v) is 10.4. The number of nitrogens with zero attached hydrogens (tertiary/aromatic N) is 1. The normalized spacial score (nSPS) is 33.4. The molecule has 1 saturated carbocycles. The van der Waals surface area contributed by atoms with Crippen LogP contribution in [0.4, 0.5) is 4.79 Å². The number of ketones is 1. The van der Waals surface area contributed by atoms with Crippen LogP contribution < -0.4 is 0 Å². The van der Waals surface area contributed by atoms with Crippen molar-refractivity contribution in [3.63, 3.8) is 0 Å². The van der Waals surface area contributed by atoms with Crippen molar-refractivity contribution in [2.75, 3.05) is 6.54 Å². The molecule has 0 N–H and O–H groups in total. The number of likely N-dealkylation sites (tertiary alicyclic amines) is 1. The van der Waals surface area contributed by atoms with E-state index in [1.54, 1.807) is 4.90 Å². The lowest BCUT2D eigenvalue weighted by Crippen LogP contribution is -2.61. The van der Waals surface area contributed by atoms with Crippen molar-refractivity contribution in [1.29, 1.82) is 0 Å². The standard InChI is InChI=1S/C12H19NO3/c1-11(2,3)16-10(15)13-6-5-8-7-9(14)12(8,13)4/h8H,5-7H2,1-4H3/t8?,12-/m0/s1. The van der Waals surface area contributed by atoms with Crippen molar-refractivity contribution in [3.05, 3.63) is 0 Å². The van der Waals surface area contributed by atoms with Crippen molar-refractivity contribution >= 4 is 11.9 Å². The Bertz CT molecular complexity index is 345. The third-order valence-corrected chi connectivity index (χ3v) is 3.67. The Morgan fingerprint density at radius 3 is 2.62 bits per heavy atom. The van der Waals surface area contributed by atoms with Crippen molar-refractivity contribution in [3.8, 4) is 0 Å². The number of ether oxygens (including phenoxy) is 1. The van der Waals surface area contributed by atoms with E-state index in [0.717, 1.165) is 6.42 Å². The maximum atomic E-state index is 12.0. The summed E-state index contributed by atoms with van der Waals surface area (Å²) in [5, 5.41) is 0. The molecule has 2 fully saturated rings. The Hall–Kier alpha value is -1.06. The summed E-state index contributed by atoms with van der Waals surface area (Å²) in [7, 11) is 0. The molecule has 90 valence electrons. The van der Waals surface area contributed by atoms with Crippen LogP contribution in [0.2, 0.25) is 0 Å². The van der Waals surface area contributed by atoms with Crippen LogP contribution in [0.1, 0.15) is 40.5 Å². The molecule has 2 atom stereocenters. The molecule has 1 aliphatic heterocycles. The van der Waals surface area contributed by atoms with Gasteiger partial charge in [-0.05, 0) is 40.0 Å². The summed E-state index contributed by atoms with van der Waals surface area (Å²) >= 11 is 0. The van der Waals surface area contributed by atoms with Gasteiger partial charge in [-0.2, -0.15) is 0 Å². The molecule has 0 aromatic carbocycles. The van der Waals surface area contributed by atoms with E-state index in [1.807, 2.05) is 27.7 Å². The third kappa shape index (κ3) is 1.51. The zero-order chi connectivity index (χ0) is 12.1. The Kier molecular flexibility index (Phi) is 2.30. The number of carbonyl (C=O) groups is 2. The average Bonchev–Trinajstić information content (AvgIpc) is 2.38. The molecule has 4 nitrogen and oxygen atoms in total. The van der Waals surface area contributed by atoms with Crippen molar-refractivity contribution in [2.45, 2.75) is 51.7 Å². The van der Waals surface area contributed by atoms with Crippen LogP contribution in [0.25, 0.3) is 0 Å². The Morgan fingerprint density at radius 2 is 2.12 bits per heavy atom. The largest absolute Gasteiger partial charge is 0.444 e. The van der Waals surface area contributed by atoms with Crippen LogP contribution in [0.5, 0.6) is 0 Å². The van der Waals surface area contributed by atoms with E-state index < -0.39 is 11.1 Å². The maximum absolute atomic E-state index is 12.0. The fraction of sp³-hybridized carbons (Fsp3) is 0.833. The number of carbonyl (C=O) groups excluding carboxylic acids is 2. The summed E-state index contributed by atoms with van der Waals surface area (Å²) in [6, 6.07) is 0. The molecule has 1 aliphatic carbocycles. The maximum Gasteiger partial charge on any atom is 0.411 e. The Morgan fingerprint density at radius 1 is 1.50 bits per heavy atom. The second-order valence-electron chi connectivity index (χ2n) is 5.89. The van der Waals surface area contributed by atoms with E-state index in [9.17, 15) is 9.59 Å². The molecule has 0 spiro atoms. The second kappa shape index (κ2) is 3.22. The van der Waals surface area contributed by atoms with Crippen LogP contribution in [0, 0.1) is 5.92 Å². The lowest BCUT2D eigenvalue weighted by molar-refractivity contribution is -0.141. The van der Waals surface area contributed by atoms with Crippen molar-refractivity contribution < 1.29 is 14.3 Å². The molecule has 2 rings (SSSR count). The van der Waals surface area contributed by atoms with Crippen LogP contribution >= 0.6 is 0 Å². The summed E-state index contributed by atoms with van der Waals surface area (Å²) in [5.74, 6) is 0.508. The quantitative estimate of drug-likeness (QED) is 0.633. The number of rotatable bonds is 0. The fourth-order valence-electron chi connectivity index (χ4n) is 2.59. The number of hydrogen-bond acceptors (Lipinski definition) is 3. The SMILES string of the molecule is CC(C)(C)OC(=O)N1CCC2CC(=O)[C@]21C. The first kappa shape index (κ1) is 11.4. The predicted molar refractivity (Wildman–Crippen MR) is 59.1 cm³/mol. The molecule has 1 amide bonds. The second-order valence-corrected chi connectivity index (χ2v) is 5.89. The molecule has 1 heterocycles.